The molecular weight excluding hydrogens is 444 g/mol. The van der Waals surface area contributed by atoms with Crippen LogP contribution in [-0.4, -0.2) is 33.0 Å². The molecule has 3 aromatic rings. The molecule has 0 spiro atoms. The number of hydrogen-bond donors (Lipinski definition) is 2. The zero-order valence-corrected chi connectivity index (χ0v) is 19.1. The number of aromatic nitrogens is 2. The molecule has 0 aliphatic carbocycles. The monoisotopic (exact) mass is 464 g/mol. The maximum absolute atomic E-state index is 12.2. The number of hydrogen-bond acceptors (Lipinski definition) is 7. The highest BCUT2D eigenvalue weighted by Crippen LogP contribution is 2.24. The number of amides is 2. The molecular formula is C20H21ClN4O3S2. The molecule has 1 atom stereocenters. The summed E-state index contributed by atoms with van der Waals surface area (Å²) in [6.07, 6.45) is 2.44. The first kappa shape index (κ1) is 22.3. The number of benzene rings is 1. The summed E-state index contributed by atoms with van der Waals surface area (Å²) >= 11 is 8.82. The van der Waals surface area contributed by atoms with Gasteiger partial charge in [-0.25, -0.2) is 4.98 Å². The SMILES string of the molecule is Cc1cc(NC(=O)C(C)SCC(=O)Nc2ncc(Cc3ccc(C)c(Cl)c3)s2)no1. The molecule has 2 amide bonds. The van der Waals surface area contributed by atoms with Gasteiger partial charge in [-0.15, -0.1) is 23.1 Å². The van der Waals surface area contributed by atoms with Crippen LogP contribution in [0.5, 0.6) is 0 Å². The normalized spacial score (nSPS) is 11.9. The van der Waals surface area contributed by atoms with Gasteiger partial charge in [0.15, 0.2) is 10.9 Å². The molecule has 0 bridgehead atoms. The van der Waals surface area contributed by atoms with Crippen LogP contribution in [0.25, 0.3) is 0 Å². The van der Waals surface area contributed by atoms with Crippen molar-refractivity contribution < 1.29 is 14.1 Å². The molecule has 10 heteroatoms. The number of anilines is 2. The molecule has 2 aromatic heterocycles. The molecule has 7 nitrogen and oxygen atoms in total. The zero-order valence-electron chi connectivity index (χ0n) is 16.7. The number of nitrogens with one attached hydrogen (secondary N) is 2. The Morgan fingerprint density at radius 2 is 2.07 bits per heavy atom. The van der Waals surface area contributed by atoms with Crippen LogP contribution < -0.4 is 10.6 Å². The Morgan fingerprint density at radius 1 is 1.27 bits per heavy atom. The summed E-state index contributed by atoms with van der Waals surface area (Å²) in [6.45, 7) is 5.43. The second-order valence-electron chi connectivity index (χ2n) is 6.71. The molecule has 158 valence electrons. The van der Waals surface area contributed by atoms with Gasteiger partial charge >= 0.3 is 0 Å². The maximum atomic E-state index is 12.2. The summed E-state index contributed by atoms with van der Waals surface area (Å²) in [6, 6.07) is 7.59. The van der Waals surface area contributed by atoms with E-state index in [9.17, 15) is 9.59 Å². The fourth-order valence-corrected chi connectivity index (χ4v) is 4.23. The number of aryl methyl sites for hydroxylation is 2. The lowest BCUT2D eigenvalue weighted by molar-refractivity contribution is -0.115. The number of carbonyl (C=O) groups is 2. The van der Waals surface area contributed by atoms with Crippen LogP contribution in [0.3, 0.4) is 0 Å². The van der Waals surface area contributed by atoms with E-state index in [1.165, 1.54) is 23.1 Å². The van der Waals surface area contributed by atoms with Crippen molar-refractivity contribution in [2.75, 3.05) is 16.4 Å². The summed E-state index contributed by atoms with van der Waals surface area (Å²) in [4.78, 5) is 29.6. The Kier molecular flexibility index (Phi) is 7.52. The number of thioether (sulfide) groups is 1. The number of nitrogens with zero attached hydrogens (tertiary/aromatic N) is 2. The molecule has 0 saturated heterocycles. The molecule has 3 rings (SSSR count). The molecule has 0 fully saturated rings. The Balaban J connectivity index is 1.45. The van der Waals surface area contributed by atoms with Crippen molar-refractivity contribution in [3.8, 4) is 0 Å². The van der Waals surface area contributed by atoms with E-state index < -0.39 is 5.25 Å². The van der Waals surface area contributed by atoms with E-state index >= 15 is 0 Å². The number of halogens is 1. The first-order chi connectivity index (χ1) is 14.3. The van der Waals surface area contributed by atoms with E-state index in [-0.39, 0.29) is 17.6 Å². The molecule has 2 heterocycles. The van der Waals surface area contributed by atoms with E-state index in [0.29, 0.717) is 23.1 Å². The average molecular weight is 465 g/mol. The van der Waals surface area contributed by atoms with Gasteiger partial charge < -0.3 is 15.2 Å². The number of rotatable bonds is 8. The fraction of sp³-hybridized carbons (Fsp3) is 0.300. The third-order valence-electron chi connectivity index (χ3n) is 4.13. The second-order valence-corrected chi connectivity index (χ2v) is 9.56. The van der Waals surface area contributed by atoms with E-state index in [1.807, 2.05) is 25.1 Å². The summed E-state index contributed by atoms with van der Waals surface area (Å²) in [5.74, 6) is 0.651. The lowest BCUT2D eigenvalue weighted by Gasteiger charge is -2.09. The molecule has 0 aliphatic rings. The minimum atomic E-state index is -0.425. The molecule has 2 N–H and O–H groups in total. The van der Waals surface area contributed by atoms with E-state index in [4.69, 9.17) is 16.1 Å². The van der Waals surface area contributed by atoms with Crippen molar-refractivity contribution in [2.24, 2.45) is 0 Å². The number of carbonyl (C=O) groups excluding carboxylic acids is 2. The predicted octanol–water partition coefficient (Wildman–Crippen LogP) is 4.69. The molecule has 1 aromatic carbocycles. The number of thiazole rings is 1. The third-order valence-corrected chi connectivity index (χ3v) is 6.59. The van der Waals surface area contributed by atoms with Crippen molar-refractivity contribution in [3.63, 3.8) is 0 Å². The zero-order chi connectivity index (χ0) is 21.7. The van der Waals surface area contributed by atoms with Crippen LogP contribution >= 0.6 is 34.7 Å². The van der Waals surface area contributed by atoms with Crippen LogP contribution in [-0.2, 0) is 16.0 Å². The highest BCUT2D eigenvalue weighted by atomic mass is 35.5. The lowest BCUT2D eigenvalue weighted by Crippen LogP contribution is -2.25. The smallest absolute Gasteiger partial charge is 0.238 e. The first-order valence-corrected chi connectivity index (χ1v) is 11.4. The summed E-state index contributed by atoms with van der Waals surface area (Å²) < 4.78 is 4.91. The van der Waals surface area contributed by atoms with Crippen molar-refractivity contribution in [1.29, 1.82) is 0 Å². The standard InChI is InChI=1S/C20H21ClN4O3S2/c1-11-4-5-14(8-16(11)21)7-15-9-22-20(30-15)24-18(26)10-29-13(3)19(27)23-17-6-12(2)28-25-17/h4-6,8-9,13H,7,10H2,1-3H3,(H,22,24,26)(H,23,25,27). The highest BCUT2D eigenvalue weighted by Gasteiger charge is 2.17. The topological polar surface area (TPSA) is 97.1 Å². The first-order valence-electron chi connectivity index (χ1n) is 9.15. The van der Waals surface area contributed by atoms with Crippen molar-refractivity contribution in [3.05, 3.63) is 57.2 Å². The van der Waals surface area contributed by atoms with Crippen LogP contribution in [0.1, 0.15) is 28.7 Å². The quantitative estimate of drug-likeness (QED) is 0.502. The predicted molar refractivity (Wildman–Crippen MR) is 122 cm³/mol. The molecule has 0 saturated carbocycles. The molecule has 0 aliphatic heterocycles. The Labute approximate surface area is 187 Å². The molecule has 30 heavy (non-hydrogen) atoms. The minimum absolute atomic E-state index is 0.134. The third kappa shape index (κ3) is 6.32. The van der Waals surface area contributed by atoms with Gasteiger partial charge in [-0.1, -0.05) is 28.9 Å². The van der Waals surface area contributed by atoms with Crippen molar-refractivity contribution in [2.45, 2.75) is 32.4 Å². The van der Waals surface area contributed by atoms with Crippen LogP contribution in [0, 0.1) is 13.8 Å². The minimum Gasteiger partial charge on any atom is -0.360 e. The Hall–Kier alpha value is -2.36. The van der Waals surface area contributed by atoms with Gasteiger partial charge in [-0.05, 0) is 38.0 Å². The van der Waals surface area contributed by atoms with Gasteiger partial charge in [-0.2, -0.15) is 0 Å². The highest BCUT2D eigenvalue weighted by molar-refractivity contribution is 8.01. The van der Waals surface area contributed by atoms with Gasteiger partial charge in [0, 0.05) is 28.6 Å². The van der Waals surface area contributed by atoms with Crippen LogP contribution in [0.2, 0.25) is 5.02 Å². The summed E-state index contributed by atoms with van der Waals surface area (Å²) in [7, 11) is 0. The Bertz CT molecular complexity index is 1050. The van der Waals surface area contributed by atoms with Gasteiger partial charge in [0.2, 0.25) is 11.8 Å². The summed E-state index contributed by atoms with van der Waals surface area (Å²) in [5.41, 5.74) is 2.12. The van der Waals surface area contributed by atoms with Crippen LogP contribution in [0.4, 0.5) is 10.9 Å². The fourth-order valence-electron chi connectivity index (χ4n) is 2.48. The molecule has 0 radical (unpaired) electrons. The lowest BCUT2D eigenvalue weighted by atomic mass is 10.1. The van der Waals surface area contributed by atoms with Gasteiger partial charge in [0.25, 0.3) is 0 Å². The molecule has 1 unspecified atom stereocenters. The van der Waals surface area contributed by atoms with Crippen molar-refractivity contribution >= 4 is 57.5 Å². The van der Waals surface area contributed by atoms with Crippen molar-refractivity contribution in [1.82, 2.24) is 10.1 Å². The van der Waals surface area contributed by atoms with E-state index in [0.717, 1.165) is 21.0 Å². The van der Waals surface area contributed by atoms with Crippen LogP contribution in [0.15, 0.2) is 35.0 Å². The maximum Gasteiger partial charge on any atom is 0.238 e. The largest absolute Gasteiger partial charge is 0.360 e. The average Bonchev–Trinajstić information content (AvgIpc) is 3.31. The summed E-state index contributed by atoms with van der Waals surface area (Å²) in [5, 5.41) is 9.99. The van der Waals surface area contributed by atoms with Gasteiger partial charge in [0.05, 0.1) is 11.0 Å². The Morgan fingerprint density at radius 3 is 2.77 bits per heavy atom. The second kappa shape index (κ2) is 10.1. The van der Waals surface area contributed by atoms with Gasteiger partial charge in [0.1, 0.15) is 5.76 Å². The van der Waals surface area contributed by atoms with E-state index in [1.54, 1.807) is 26.1 Å². The van der Waals surface area contributed by atoms with Gasteiger partial charge in [-0.3, -0.25) is 9.59 Å². The van der Waals surface area contributed by atoms with E-state index in [2.05, 4.69) is 20.8 Å².